The van der Waals surface area contributed by atoms with E-state index in [1.54, 1.807) is 37.5 Å². The van der Waals surface area contributed by atoms with E-state index in [9.17, 15) is 19.8 Å². The summed E-state index contributed by atoms with van der Waals surface area (Å²) in [4.78, 5) is 27.6. The lowest BCUT2D eigenvalue weighted by Gasteiger charge is -2.33. The molecule has 182 valence electrons. The summed E-state index contributed by atoms with van der Waals surface area (Å²) >= 11 is 13.1. The van der Waals surface area contributed by atoms with Gasteiger partial charge in [0.1, 0.15) is 8.64 Å². The molecule has 2 fully saturated rings. The van der Waals surface area contributed by atoms with Crippen LogP contribution in [0.15, 0.2) is 0 Å². The van der Waals surface area contributed by atoms with Crippen molar-refractivity contribution in [1.82, 2.24) is 9.80 Å². The Hall–Kier alpha value is -0.660. The maximum absolute atomic E-state index is 12.1. The highest BCUT2D eigenvalue weighted by Crippen LogP contribution is 2.40. The number of thiocarbonyl (C=S) groups is 2. The SMILES string of the molecule is CCOC(=O)C1SC(=S)N(CCCCCCN2C(=S)SC(C(=O)OCC)C2(C)O)C1(C)O. The van der Waals surface area contributed by atoms with Gasteiger partial charge in [0.05, 0.1) is 13.2 Å². The molecule has 0 bridgehead atoms. The second kappa shape index (κ2) is 11.7. The zero-order valence-corrected chi connectivity index (χ0v) is 22.1. The lowest BCUT2D eigenvalue weighted by molar-refractivity contribution is -0.152. The van der Waals surface area contributed by atoms with Crippen molar-refractivity contribution in [1.29, 1.82) is 0 Å². The molecular formula is C20H32N2O6S4. The van der Waals surface area contributed by atoms with Crippen molar-refractivity contribution >= 4 is 68.5 Å². The van der Waals surface area contributed by atoms with Crippen molar-refractivity contribution in [3.05, 3.63) is 0 Å². The Morgan fingerprint density at radius 3 is 1.50 bits per heavy atom. The summed E-state index contributed by atoms with van der Waals surface area (Å²) in [5, 5.41) is 20.2. The van der Waals surface area contributed by atoms with Crippen molar-refractivity contribution in [2.45, 2.75) is 75.3 Å². The van der Waals surface area contributed by atoms with Gasteiger partial charge in [0.25, 0.3) is 0 Å². The summed E-state index contributed by atoms with van der Waals surface area (Å²) in [6.45, 7) is 8.23. The van der Waals surface area contributed by atoms with Crippen molar-refractivity contribution in [3.63, 3.8) is 0 Å². The van der Waals surface area contributed by atoms with Gasteiger partial charge in [0, 0.05) is 13.1 Å². The topological polar surface area (TPSA) is 99.5 Å². The Bertz CT molecular complexity index is 673. The van der Waals surface area contributed by atoms with E-state index in [4.69, 9.17) is 33.9 Å². The fraction of sp³-hybridized carbons (Fsp3) is 0.800. The van der Waals surface area contributed by atoms with E-state index in [2.05, 4.69) is 0 Å². The van der Waals surface area contributed by atoms with Gasteiger partial charge in [-0.3, -0.25) is 9.59 Å². The Morgan fingerprint density at radius 1 is 0.844 bits per heavy atom. The first kappa shape index (κ1) is 27.6. The highest BCUT2D eigenvalue weighted by molar-refractivity contribution is 8.24. The Balaban J connectivity index is 1.77. The molecule has 2 saturated heterocycles. The van der Waals surface area contributed by atoms with Gasteiger partial charge in [-0.05, 0) is 40.5 Å². The highest BCUT2D eigenvalue weighted by Gasteiger charge is 2.52. The van der Waals surface area contributed by atoms with Gasteiger partial charge in [-0.15, -0.1) is 0 Å². The number of ether oxygens (including phenoxy) is 2. The lowest BCUT2D eigenvalue weighted by atomic mass is 10.1. The number of nitrogens with zero attached hydrogens (tertiary/aromatic N) is 2. The number of hydrogen-bond donors (Lipinski definition) is 2. The molecule has 0 amide bonds. The van der Waals surface area contributed by atoms with E-state index in [0.29, 0.717) is 21.7 Å². The summed E-state index contributed by atoms with van der Waals surface area (Å²) < 4.78 is 11.1. The fourth-order valence-corrected chi connectivity index (χ4v) is 7.08. The Morgan fingerprint density at radius 2 is 1.19 bits per heavy atom. The van der Waals surface area contributed by atoms with Crippen LogP contribution in [0.25, 0.3) is 0 Å². The molecule has 2 heterocycles. The molecule has 2 aliphatic heterocycles. The minimum atomic E-state index is -1.38. The smallest absolute Gasteiger partial charge is 0.324 e. The molecule has 0 aliphatic carbocycles. The predicted octanol–water partition coefficient (Wildman–Crippen LogP) is 2.49. The van der Waals surface area contributed by atoms with Crippen LogP contribution in [0.4, 0.5) is 0 Å². The zero-order valence-electron chi connectivity index (χ0n) is 18.9. The Kier molecular flexibility index (Phi) is 10.0. The van der Waals surface area contributed by atoms with Gasteiger partial charge >= 0.3 is 11.9 Å². The molecule has 4 unspecified atom stereocenters. The van der Waals surface area contributed by atoms with Crippen LogP contribution in [-0.4, -0.2) is 88.8 Å². The lowest BCUT2D eigenvalue weighted by Crippen LogP contribution is -2.51. The number of thioether (sulfide) groups is 2. The quantitative estimate of drug-likeness (QED) is 0.236. The number of carbonyl (C=O) groups excluding carboxylic acids is 2. The summed E-state index contributed by atoms with van der Waals surface area (Å²) in [5.74, 6) is -0.917. The number of aliphatic hydroxyl groups is 2. The molecule has 0 aromatic heterocycles. The maximum atomic E-state index is 12.1. The third kappa shape index (κ3) is 6.06. The Labute approximate surface area is 208 Å². The number of hydrogen-bond acceptors (Lipinski definition) is 10. The van der Waals surface area contributed by atoms with Crippen molar-refractivity contribution in [2.75, 3.05) is 26.3 Å². The summed E-state index contributed by atoms with van der Waals surface area (Å²) in [6.07, 6.45) is 3.32. The van der Waals surface area contributed by atoms with Crippen LogP contribution in [0, 0.1) is 0 Å². The first-order chi connectivity index (χ1) is 15.0. The van der Waals surface area contributed by atoms with Crippen molar-refractivity contribution in [2.24, 2.45) is 0 Å². The molecule has 2 rings (SSSR count). The number of rotatable bonds is 11. The van der Waals surface area contributed by atoms with E-state index >= 15 is 0 Å². The fourth-order valence-electron chi connectivity index (χ4n) is 3.71. The molecule has 0 radical (unpaired) electrons. The van der Waals surface area contributed by atoms with Gasteiger partial charge in [0.15, 0.2) is 21.9 Å². The molecule has 0 aromatic rings. The summed E-state index contributed by atoms with van der Waals surface area (Å²) in [7, 11) is 0. The largest absolute Gasteiger partial charge is 0.465 e. The van der Waals surface area contributed by atoms with Crippen LogP contribution in [0.2, 0.25) is 0 Å². The third-order valence-electron chi connectivity index (χ3n) is 5.48. The van der Waals surface area contributed by atoms with Crippen LogP contribution in [0.3, 0.4) is 0 Å². The summed E-state index contributed by atoms with van der Waals surface area (Å²) in [5.41, 5.74) is -2.76. The van der Waals surface area contributed by atoms with Crippen LogP contribution in [0.1, 0.15) is 53.4 Å². The van der Waals surface area contributed by atoms with Gasteiger partial charge in [-0.25, -0.2) is 0 Å². The average Bonchev–Trinajstić information content (AvgIpc) is 3.07. The third-order valence-corrected chi connectivity index (χ3v) is 9.09. The predicted molar refractivity (Wildman–Crippen MR) is 134 cm³/mol. The first-order valence-corrected chi connectivity index (χ1v) is 13.3. The average molecular weight is 525 g/mol. The minimum absolute atomic E-state index is 0.255. The molecule has 2 aliphatic rings. The normalized spacial score (nSPS) is 30.2. The first-order valence-electron chi connectivity index (χ1n) is 10.7. The van der Waals surface area contributed by atoms with Gasteiger partial charge in [0.2, 0.25) is 0 Å². The highest BCUT2D eigenvalue weighted by atomic mass is 32.2. The van der Waals surface area contributed by atoms with E-state index in [0.717, 1.165) is 49.2 Å². The molecule has 4 atom stereocenters. The number of esters is 2. The monoisotopic (exact) mass is 524 g/mol. The molecule has 0 saturated carbocycles. The van der Waals surface area contributed by atoms with Crippen LogP contribution in [-0.2, 0) is 19.1 Å². The molecule has 32 heavy (non-hydrogen) atoms. The molecule has 0 aromatic carbocycles. The molecule has 2 N–H and O–H groups in total. The van der Waals surface area contributed by atoms with Gasteiger partial charge in [-0.1, -0.05) is 60.8 Å². The number of carbonyl (C=O) groups is 2. The second-order valence-corrected chi connectivity index (χ2v) is 11.4. The van der Waals surface area contributed by atoms with Gasteiger partial charge in [-0.2, -0.15) is 0 Å². The van der Waals surface area contributed by atoms with Crippen LogP contribution < -0.4 is 0 Å². The molecule has 0 spiro atoms. The molecule has 12 heteroatoms. The van der Waals surface area contributed by atoms with Gasteiger partial charge < -0.3 is 29.5 Å². The zero-order chi connectivity index (χ0) is 24.1. The number of unbranched alkanes of at least 4 members (excludes halogenated alkanes) is 3. The van der Waals surface area contributed by atoms with Crippen LogP contribution in [0.5, 0.6) is 0 Å². The maximum Gasteiger partial charge on any atom is 0.324 e. The standard InChI is InChI=1S/C20H32N2O6S4/c1-5-27-15(23)13-19(3,25)21(17(29)31-13)11-9-7-8-10-12-22-18(30)32-14(20(22,4)26)16(24)28-6-2/h13-14,25-26H,5-12H2,1-4H3. The van der Waals surface area contributed by atoms with E-state index in [1.807, 2.05) is 0 Å². The van der Waals surface area contributed by atoms with Crippen LogP contribution >= 0.6 is 48.0 Å². The molecular weight excluding hydrogens is 492 g/mol. The van der Waals surface area contributed by atoms with Crippen molar-refractivity contribution in [3.8, 4) is 0 Å². The van der Waals surface area contributed by atoms with E-state index in [-0.39, 0.29) is 13.2 Å². The second-order valence-electron chi connectivity index (χ2n) is 7.94. The summed E-state index contributed by atoms with van der Waals surface area (Å²) in [6, 6.07) is 0. The van der Waals surface area contributed by atoms with Crippen molar-refractivity contribution < 1.29 is 29.3 Å². The minimum Gasteiger partial charge on any atom is -0.465 e. The van der Waals surface area contributed by atoms with E-state index < -0.39 is 33.9 Å². The van der Waals surface area contributed by atoms with E-state index in [1.165, 1.54) is 0 Å². The molecule has 8 nitrogen and oxygen atoms in total.